The zero-order valence-electron chi connectivity index (χ0n) is 28.7. The Bertz CT molecular complexity index is 3160. The van der Waals surface area contributed by atoms with E-state index in [1.54, 1.807) is 0 Å². The SMILES string of the molecule is c1ccc(-c2ccc(N(c3ccccc3)c3ccc(-c4ccc5c(c4)sc4ccccc45)cc3)c3oc4c5ccccc5c5ccccc5c4c23)cc1. The highest BCUT2D eigenvalue weighted by Crippen LogP contribution is 2.49. The molecule has 11 aromatic rings. The lowest BCUT2D eigenvalue weighted by Crippen LogP contribution is -2.10. The Kier molecular flexibility index (Phi) is 6.76. The largest absolute Gasteiger partial charge is 0.453 e. The first-order chi connectivity index (χ1) is 26.3. The van der Waals surface area contributed by atoms with Crippen LogP contribution in [0, 0.1) is 0 Å². The molecule has 248 valence electrons. The van der Waals surface area contributed by atoms with E-state index in [0.29, 0.717) is 0 Å². The summed E-state index contributed by atoms with van der Waals surface area (Å²) < 4.78 is 9.84. The zero-order valence-corrected chi connectivity index (χ0v) is 29.5. The van der Waals surface area contributed by atoms with Crippen molar-refractivity contribution >= 4 is 92.1 Å². The Morgan fingerprint density at radius 2 is 0.943 bits per heavy atom. The normalized spacial score (nSPS) is 11.8. The van der Waals surface area contributed by atoms with Crippen molar-refractivity contribution in [3.63, 3.8) is 0 Å². The second-order valence-corrected chi connectivity index (χ2v) is 14.7. The average molecular weight is 694 g/mol. The first-order valence-electron chi connectivity index (χ1n) is 18.0. The smallest absolute Gasteiger partial charge is 0.160 e. The van der Waals surface area contributed by atoms with Gasteiger partial charge in [-0.15, -0.1) is 11.3 Å². The second kappa shape index (κ2) is 11.9. The van der Waals surface area contributed by atoms with Gasteiger partial charge in [-0.2, -0.15) is 0 Å². The van der Waals surface area contributed by atoms with Crippen LogP contribution in [0.25, 0.3) is 85.9 Å². The predicted octanol–water partition coefficient (Wildman–Crippen LogP) is 15.1. The maximum absolute atomic E-state index is 7.21. The summed E-state index contributed by atoms with van der Waals surface area (Å²) in [6.07, 6.45) is 0. The van der Waals surface area contributed by atoms with E-state index in [1.165, 1.54) is 47.5 Å². The maximum Gasteiger partial charge on any atom is 0.160 e. The monoisotopic (exact) mass is 693 g/mol. The molecule has 0 unspecified atom stereocenters. The number of nitrogens with zero attached hydrogens (tertiary/aromatic N) is 1. The molecule has 0 N–H and O–H groups in total. The van der Waals surface area contributed by atoms with E-state index in [9.17, 15) is 0 Å². The average Bonchev–Trinajstić information content (AvgIpc) is 3.82. The van der Waals surface area contributed by atoms with Gasteiger partial charge in [0.15, 0.2) is 5.58 Å². The molecule has 0 aliphatic carbocycles. The minimum Gasteiger partial charge on any atom is -0.453 e. The number of benzene rings is 9. The van der Waals surface area contributed by atoms with Gasteiger partial charge in [-0.25, -0.2) is 0 Å². The first kappa shape index (κ1) is 30.0. The van der Waals surface area contributed by atoms with Gasteiger partial charge in [0.25, 0.3) is 0 Å². The van der Waals surface area contributed by atoms with E-state index >= 15 is 0 Å². The molecule has 0 fully saturated rings. The molecule has 11 rings (SSSR count). The molecule has 2 nitrogen and oxygen atoms in total. The molecule has 0 aliphatic heterocycles. The number of rotatable bonds is 5. The number of fused-ring (bicyclic) bond motifs is 11. The third-order valence-electron chi connectivity index (χ3n) is 10.7. The van der Waals surface area contributed by atoms with Crippen LogP contribution < -0.4 is 4.90 Å². The Morgan fingerprint density at radius 1 is 0.358 bits per heavy atom. The van der Waals surface area contributed by atoms with Crippen molar-refractivity contribution in [3.8, 4) is 22.3 Å². The maximum atomic E-state index is 7.21. The standard InChI is InChI=1S/C50H31NOS/c1-3-13-33(14-4-1)37-29-30-44(50-47(37)48-42-20-9-7-17-38(42)39-18-8-10-21-43(39)49(48)52-50)51(35-15-5-2-6-16-35)36-26-23-32(24-27-36)34-25-28-41-40-19-11-12-22-45(40)53-46(41)31-34/h1-31H. The molecule has 2 heterocycles. The second-order valence-electron chi connectivity index (χ2n) is 13.6. The van der Waals surface area contributed by atoms with Gasteiger partial charge < -0.3 is 9.32 Å². The first-order valence-corrected chi connectivity index (χ1v) is 18.8. The van der Waals surface area contributed by atoms with Crippen molar-refractivity contribution in [1.29, 1.82) is 0 Å². The lowest BCUT2D eigenvalue weighted by molar-refractivity contribution is 0.673. The molecule has 0 spiro atoms. The molecule has 9 aromatic carbocycles. The Hall–Kier alpha value is -6.68. The summed E-state index contributed by atoms with van der Waals surface area (Å²) in [7, 11) is 0. The van der Waals surface area contributed by atoms with E-state index < -0.39 is 0 Å². The Labute approximate surface area is 310 Å². The number of hydrogen-bond donors (Lipinski definition) is 0. The summed E-state index contributed by atoms with van der Waals surface area (Å²) in [4.78, 5) is 2.34. The van der Waals surface area contributed by atoms with Gasteiger partial charge in [0.1, 0.15) is 5.58 Å². The highest BCUT2D eigenvalue weighted by molar-refractivity contribution is 7.25. The van der Waals surface area contributed by atoms with Gasteiger partial charge in [0.05, 0.1) is 5.69 Å². The number of anilines is 3. The number of para-hydroxylation sites is 1. The predicted molar refractivity (Wildman–Crippen MR) is 227 cm³/mol. The molecule has 0 saturated carbocycles. The third kappa shape index (κ3) is 4.71. The number of furan rings is 1. The van der Waals surface area contributed by atoms with E-state index in [-0.39, 0.29) is 0 Å². The molecule has 2 aromatic heterocycles. The van der Waals surface area contributed by atoms with Crippen molar-refractivity contribution in [3.05, 3.63) is 188 Å². The van der Waals surface area contributed by atoms with Gasteiger partial charge in [-0.3, -0.25) is 0 Å². The van der Waals surface area contributed by atoms with Crippen LogP contribution in [-0.4, -0.2) is 0 Å². The van der Waals surface area contributed by atoms with Crippen molar-refractivity contribution < 1.29 is 4.42 Å². The van der Waals surface area contributed by atoms with Crippen LogP contribution in [0.15, 0.2) is 192 Å². The van der Waals surface area contributed by atoms with Crippen LogP contribution in [0.1, 0.15) is 0 Å². The van der Waals surface area contributed by atoms with Crippen LogP contribution in [0.4, 0.5) is 17.1 Å². The van der Waals surface area contributed by atoms with Crippen LogP contribution in [0.3, 0.4) is 0 Å². The van der Waals surface area contributed by atoms with Crippen LogP contribution in [0.2, 0.25) is 0 Å². The summed E-state index contributed by atoms with van der Waals surface area (Å²) in [5.74, 6) is 0. The summed E-state index contributed by atoms with van der Waals surface area (Å²) in [5, 5.41) is 9.65. The summed E-state index contributed by atoms with van der Waals surface area (Å²) in [6.45, 7) is 0. The zero-order chi connectivity index (χ0) is 34.9. The Morgan fingerprint density at radius 3 is 1.72 bits per heavy atom. The fourth-order valence-electron chi connectivity index (χ4n) is 8.24. The Balaban J connectivity index is 1.15. The highest BCUT2D eigenvalue weighted by Gasteiger charge is 2.24. The molecule has 0 aliphatic rings. The lowest BCUT2D eigenvalue weighted by atomic mass is 9.93. The van der Waals surface area contributed by atoms with Crippen molar-refractivity contribution in [2.45, 2.75) is 0 Å². The molecule has 0 amide bonds. The van der Waals surface area contributed by atoms with Crippen molar-refractivity contribution in [2.75, 3.05) is 4.90 Å². The van der Waals surface area contributed by atoms with E-state index in [1.807, 2.05) is 11.3 Å². The van der Waals surface area contributed by atoms with Gasteiger partial charge >= 0.3 is 0 Å². The fraction of sp³-hybridized carbons (Fsp3) is 0. The van der Waals surface area contributed by atoms with Crippen molar-refractivity contribution in [2.24, 2.45) is 0 Å². The van der Waals surface area contributed by atoms with E-state index in [2.05, 4.69) is 193 Å². The summed E-state index contributed by atoms with van der Waals surface area (Å²) in [5.41, 5.74) is 9.63. The minimum atomic E-state index is 0.867. The van der Waals surface area contributed by atoms with Crippen LogP contribution in [-0.2, 0) is 0 Å². The molecule has 0 atom stereocenters. The topological polar surface area (TPSA) is 16.4 Å². The van der Waals surface area contributed by atoms with Gasteiger partial charge in [0.2, 0.25) is 0 Å². The summed E-state index contributed by atoms with van der Waals surface area (Å²) >= 11 is 1.86. The van der Waals surface area contributed by atoms with Gasteiger partial charge in [-0.05, 0) is 80.9 Å². The molecule has 53 heavy (non-hydrogen) atoms. The molecule has 0 radical (unpaired) electrons. The molecule has 0 bridgehead atoms. The van der Waals surface area contributed by atoms with Crippen molar-refractivity contribution in [1.82, 2.24) is 0 Å². The molecule has 3 heteroatoms. The quantitative estimate of drug-likeness (QED) is 0.167. The molecular weight excluding hydrogens is 663 g/mol. The number of hydrogen-bond acceptors (Lipinski definition) is 3. The fourth-order valence-corrected chi connectivity index (χ4v) is 9.38. The van der Waals surface area contributed by atoms with Gasteiger partial charge in [-0.1, -0.05) is 146 Å². The number of thiophene rings is 1. The van der Waals surface area contributed by atoms with E-state index in [4.69, 9.17) is 4.42 Å². The van der Waals surface area contributed by atoms with Gasteiger partial charge in [0, 0.05) is 47.7 Å². The molecule has 0 saturated heterocycles. The minimum absolute atomic E-state index is 0.867. The van der Waals surface area contributed by atoms with Crippen LogP contribution in [0.5, 0.6) is 0 Å². The summed E-state index contributed by atoms with van der Waals surface area (Å²) in [6, 6.07) is 67.7. The molecular formula is C50H31NOS. The highest BCUT2D eigenvalue weighted by atomic mass is 32.1. The lowest BCUT2D eigenvalue weighted by Gasteiger charge is -2.26. The van der Waals surface area contributed by atoms with Crippen LogP contribution >= 0.6 is 11.3 Å². The third-order valence-corrected chi connectivity index (χ3v) is 11.8. The van der Waals surface area contributed by atoms with E-state index in [0.717, 1.165) is 55.5 Å².